The van der Waals surface area contributed by atoms with Gasteiger partial charge in [-0.15, -0.1) is 0 Å². The highest BCUT2D eigenvalue weighted by Crippen LogP contribution is 2.26. The summed E-state index contributed by atoms with van der Waals surface area (Å²) in [5, 5.41) is 0.544. The molecular weight excluding hydrogens is 292 g/mol. The Kier molecular flexibility index (Phi) is 5.46. The third kappa shape index (κ3) is 4.68. The quantitative estimate of drug-likeness (QED) is 0.602. The third-order valence-electron chi connectivity index (χ3n) is 2.53. The van der Waals surface area contributed by atoms with E-state index in [1.54, 1.807) is 42.5 Å². The van der Waals surface area contributed by atoms with Gasteiger partial charge in [0, 0.05) is 5.02 Å². The van der Waals surface area contributed by atoms with E-state index in [1.807, 2.05) is 13.0 Å². The van der Waals surface area contributed by atoms with Gasteiger partial charge in [0.25, 0.3) is 0 Å². The topological polar surface area (TPSA) is 44.8 Å². The summed E-state index contributed by atoms with van der Waals surface area (Å²) in [6.45, 7) is 2.15. The third-order valence-corrected chi connectivity index (χ3v) is 2.76. The molecule has 21 heavy (non-hydrogen) atoms. The highest BCUT2D eigenvalue weighted by atomic mass is 35.5. The number of halogens is 1. The molecule has 0 radical (unpaired) electrons. The van der Waals surface area contributed by atoms with E-state index < -0.39 is 5.97 Å². The number of benzene rings is 2. The fraction of sp³-hybridized carbons (Fsp3) is 0.188. The lowest BCUT2D eigenvalue weighted by molar-refractivity contribution is -0.136. The lowest BCUT2D eigenvalue weighted by atomic mass is 10.3. The molecule has 0 saturated heterocycles. The van der Waals surface area contributed by atoms with Crippen LogP contribution in [0.4, 0.5) is 0 Å². The molecule has 2 rings (SSSR count). The van der Waals surface area contributed by atoms with Crippen LogP contribution in [0.5, 0.6) is 17.2 Å². The normalized spacial score (nSPS) is 10.0. The summed E-state index contributed by atoms with van der Waals surface area (Å²) in [6, 6.07) is 13.8. The molecule has 0 fully saturated rings. The van der Waals surface area contributed by atoms with Gasteiger partial charge in [-0.05, 0) is 37.3 Å². The fourth-order valence-corrected chi connectivity index (χ4v) is 1.84. The lowest BCUT2D eigenvalue weighted by Crippen LogP contribution is -2.18. The Bertz CT molecular complexity index is 613. The van der Waals surface area contributed by atoms with Crippen LogP contribution in [-0.2, 0) is 4.79 Å². The Balaban J connectivity index is 1.93. The zero-order valence-corrected chi connectivity index (χ0v) is 12.3. The molecule has 0 bridgehead atoms. The Hall–Kier alpha value is -2.20. The second kappa shape index (κ2) is 7.55. The Morgan fingerprint density at radius 2 is 1.81 bits per heavy atom. The number of esters is 1. The smallest absolute Gasteiger partial charge is 0.349 e. The van der Waals surface area contributed by atoms with E-state index in [1.165, 1.54) is 0 Å². The summed E-state index contributed by atoms with van der Waals surface area (Å²) in [5.74, 6) is 0.898. The number of carbonyl (C=O) groups is 1. The number of carbonyl (C=O) groups excluding carboxylic acids is 1. The van der Waals surface area contributed by atoms with Crippen LogP contribution in [0.15, 0.2) is 48.5 Å². The molecule has 0 aliphatic rings. The first-order valence-electron chi connectivity index (χ1n) is 6.50. The van der Waals surface area contributed by atoms with Crippen molar-refractivity contribution in [3.63, 3.8) is 0 Å². The van der Waals surface area contributed by atoms with Crippen molar-refractivity contribution in [3.05, 3.63) is 53.6 Å². The zero-order valence-electron chi connectivity index (χ0n) is 11.5. The number of rotatable bonds is 6. The van der Waals surface area contributed by atoms with Crippen LogP contribution in [0.2, 0.25) is 5.02 Å². The molecule has 0 N–H and O–H groups in total. The molecule has 0 atom stereocenters. The first-order chi connectivity index (χ1) is 10.2. The average molecular weight is 307 g/mol. The van der Waals surface area contributed by atoms with Crippen LogP contribution >= 0.6 is 11.6 Å². The summed E-state index contributed by atoms with van der Waals surface area (Å²) < 4.78 is 15.9. The number of hydrogen-bond acceptors (Lipinski definition) is 4. The van der Waals surface area contributed by atoms with Crippen molar-refractivity contribution in [3.8, 4) is 17.2 Å². The standard InChI is InChI=1S/C16H15ClO4/c1-2-19-14-8-3-4-9-15(14)21-16(18)11-20-13-7-5-6-12(17)10-13/h3-10H,2,11H2,1H3. The van der Waals surface area contributed by atoms with Gasteiger partial charge in [-0.3, -0.25) is 0 Å². The number of ether oxygens (including phenoxy) is 3. The molecule has 2 aromatic rings. The molecule has 5 heteroatoms. The molecule has 2 aromatic carbocycles. The lowest BCUT2D eigenvalue weighted by Gasteiger charge is -2.10. The summed E-state index contributed by atoms with van der Waals surface area (Å²) in [4.78, 5) is 11.8. The van der Waals surface area contributed by atoms with Gasteiger partial charge < -0.3 is 14.2 Å². The SMILES string of the molecule is CCOc1ccccc1OC(=O)COc1cccc(Cl)c1. The molecule has 0 aliphatic carbocycles. The van der Waals surface area contributed by atoms with Crippen LogP contribution in [-0.4, -0.2) is 19.2 Å². The zero-order chi connectivity index (χ0) is 15.1. The van der Waals surface area contributed by atoms with E-state index in [-0.39, 0.29) is 6.61 Å². The van der Waals surface area contributed by atoms with E-state index in [4.69, 9.17) is 25.8 Å². The summed E-state index contributed by atoms with van der Waals surface area (Å²) in [6.07, 6.45) is 0. The maximum absolute atomic E-state index is 11.8. The van der Waals surface area contributed by atoms with Gasteiger partial charge in [-0.1, -0.05) is 29.8 Å². The molecule has 110 valence electrons. The fourth-order valence-electron chi connectivity index (χ4n) is 1.66. The maximum Gasteiger partial charge on any atom is 0.349 e. The predicted molar refractivity (Wildman–Crippen MR) is 80.2 cm³/mol. The van der Waals surface area contributed by atoms with Gasteiger partial charge in [0.1, 0.15) is 5.75 Å². The second-order valence-corrected chi connectivity index (χ2v) is 4.54. The van der Waals surface area contributed by atoms with Gasteiger partial charge in [-0.25, -0.2) is 4.79 Å². The van der Waals surface area contributed by atoms with Crippen molar-refractivity contribution < 1.29 is 19.0 Å². The van der Waals surface area contributed by atoms with Crippen LogP contribution in [0.25, 0.3) is 0 Å². The van der Waals surface area contributed by atoms with Crippen LogP contribution < -0.4 is 14.2 Å². The van der Waals surface area contributed by atoms with Gasteiger partial charge in [-0.2, -0.15) is 0 Å². The molecule has 0 aliphatic heterocycles. The largest absolute Gasteiger partial charge is 0.490 e. The number of hydrogen-bond donors (Lipinski definition) is 0. The van der Waals surface area contributed by atoms with Crippen molar-refractivity contribution in [2.45, 2.75) is 6.92 Å². The van der Waals surface area contributed by atoms with Crippen LogP contribution in [0.1, 0.15) is 6.92 Å². The van der Waals surface area contributed by atoms with Gasteiger partial charge in [0.2, 0.25) is 0 Å². The second-order valence-electron chi connectivity index (χ2n) is 4.10. The van der Waals surface area contributed by atoms with Crippen molar-refractivity contribution in [1.82, 2.24) is 0 Å². The van der Waals surface area contributed by atoms with E-state index in [9.17, 15) is 4.79 Å². The Morgan fingerprint density at radius 1 is 1.05 bits per heavy atom. The van der Waals surface area contributed by atoms with Crippen LogP contribution in [0, 0.1) is 0 Å². The van der Waals surface area contributed by atoms with Gasteiger partial charge >= 0.3 is 5.97 Å². The van der Waals surface area contributed by atoms with Gasteiger partial charge in [0.05, 0.1) is 6.61 Å². The molecule has 0 saturated carbocycles. The summed E-state index contributed by atoms with van der Waals surface area (Å²) >= 11 is 5.83. The first kappa shape index (κ1) is 15.2. The minimum Gasteiger partial charge on any atom is -0.490 e. The predicted octanol–water partition coefficient (Wildman–Crippen LogP) is 3.72. The van der Waals surface area contributed by atoms with Crippen LogP contribution in [0.3, 0.4) is 0 Å². The van der Waals surface area contributed by atoms with E-state index in [0.717, 1.165) is 0 Å². The highest BCUT2D eigenvalue weighted by Gasteiger charge is 2.10. The minimum atomic E-state index is -0.512. The first-order valence-corrected chi connectivity index (χ1v) is 6.87. The Labute approximate surface area is 128 Å². The minimum absolute atomic E-state index is 0.208. The van der Waals surface area contributed by atoms with Crippen molar-refractivity contribution in [2.75, 3.05) is 13.2 Å². The maximum atomic E-state index is 11.8. The summed E-state index contributed by atoms with van der Waals surface area (Å²) in [7, 11) is 0. The molecular formula is C16H15ClO4. The van der Waals surface area contributed by atoms with Gasteiger partial charge in [0.15, 0.2) is 18.1 Å². The van der Waals surface area contributed by atoms with E-state index in [0.29, 0.717) is 28.9 Å². The van der Waals surface area contributed by atoms with Crippen molar-refractivity contribution >= 4 is 17.6 Å². The van der Waals surface area contributed by atoms with Crippen molar-refractivity contribution in [1.29, 1.82) is 0 Å². The monoisotopic (exact) mass is 306 g/mol. The average Bonchev–Trinajstić information content (AvgIpc) is 2.48. The molecule has 0 amide bonds. The molecule has 4 nitrogen and oxygen atoms in total. The summed E-state index contributed by atoms with van der Waals surface area (Å²) in [5.41, 5.74) is 0. The number of para-hydroxylation sites is 2. The van der Waals surface area contributed by atoms with E-state index in [2.05, 4.69) is 0 Å². The molecule has 0 heterocycles. The molecule has 0 spiro atoms. The Morgan fingerprint density at radius 3 is 2.52 bits per heavy atom. The van der Waals surface area contributed by atoms with E-state index >= 15 is 0 Å². The molecule has 0 aromatic heterocycles. The molecule has 0 unspecified atom stereocenters. The van der Waals surface area contributed by atoms with Crippen molar-refractivity contribution in [2.24, 2.45) is 0 Å². The highest BCUT2D eigenvalue weighted by molar-refractivity contribution is 6.30.